The van der Waals surface area contributed by atoms with E-state index in [1.807, 2.05) is 0 Å². The van der Waals surface area contributed by atoms with E-state index in [1.165, 1.54) is 25.3 Å². The number of carbonyl (C=O) groups excluding carboxylic acids is 2. The summed E-state index contributed by atoms with van der Waals surface area (Å²) in [6, 6.07) is 9.22. The van der Waals surface area contributed by atoms with Crippen molar-refractivity contribution in [1.29, 1.82) is 0 Å². The van der Waals surface area contributed by atoms with Crippen LogP contribution in [0.15, 0.2) is 47.5 Å². The fourth-order valence-corrected chi connectivity index (χ4v) is 2.49. The normalized spacial score (nSPS) is 11.6. The number of benzene rings is 1. The first-order valence-electron chi connectivity index (χ1n) is 6.95. The van der Waals surface area contributed by atoms with Gasteiger partial charge in [0.25, 0.3) is 5.91 Å². The van der Waals surface area contributed by atoms with E-state index in [4.69, 9.17) is 16.3 Å². The third kappa shape index (κ3) is 5.50. The molecule has 2 rings (SSSR count). The van der Waals surface area contributed by atoms with E-state index in [9.17, 15) is 14.0 Å². The fourth-order valence-electron chi connectivity index (χ4n) is 1.66. The molecule has 0 aliphatic carbocycles. The van der Waals surface area contributed by atoms with Crippen molar-refractivity contribution < 1.29 is 18.7 Å². The lowest BCUT2D eigenvalue weighted by atomic mass is 10.3. The Morgan fingerprint density at radius 2 is 2.08 bits per heavy atom. The summed E-state index contributed by atoms with van der Waals surface area (Å²) in [5.41, 5.74) is 0. The molecule has 1 aromatic heterocycles. The SMILES string of the molecule is C[C@H](OC(=O)CSc1ccccc1F)C(=O)Nc1ccc(Cl)cn1. The van der Waals surface area contributed by atoms with Gasteiger partial charge in [-0.05, 0) is 31.2 Å². The molecule has 1 aromatic carbocycles. The Morgan fingerprint density at radius 3 is 2.75 bits per heavy atom. The zero-order valence-corrected chi connectivity index (χ0v) is 14.2. The molecule has 24 heavy (non-hydrogen) atoms. The molecular weight excluding hydrogens is 355 g/mol. The number of hydrogen-bond acceptors (Lipinski definition) is 5. The summed E-state index contributed by atoms with van der Waals surface area (Å²) >= 11 is 6.71. The van der Waals surface area contributed by atoms with E-state index in [0.29, 0.717) is 15.7 Å². The molecule has 0 saturated carbocycles. The summed E-state index contributed by atoms with van der Waals surface area (Å²) in [6.07, 6.45) is 0.384. The number of ether oxygens (including phenoxy) is 1. The topological polar surface area (TPSA) is 68.3 Å². The molecule has 2 aromatic rings. The number of pyridine rings is 1. The maximum atomic E-state index is 13.4. The predicted molar refractivity (Wildman–Crippen MR) is 90.6 cm³/mol. The fraction of sp³-hybridized carbons (Fsp3) is 0.188. The van der Waals surface area contributed by atoms with Gasteiger partial charge in [0.1, 0.15) is 11.6 Å². The van der Waals surface area contributed by atoms with Crippen LogP contribution < -0.4 is 5.32 Å². The number of rotatable bonds is 6. The molecule has 0 spiro atoms. The third-order valence-electron chi connectivity index (χ3n) is 2.84. The van der Waals surface area contributed by atoms with Gasteiger partial charge in [-0.1, -0.05) is 23.7 Å². The number of aromatic nitrogens is 1. The first kappa shape index (κ1) is 18.2. The van der Waals surface area contributed by atoms with E-state index in [-0.39, 0.29) is 5.75 Å². The van der Waals surface area contributed by atoms with Gasteiger partial charge < -0.3 is 10.1 Å². The monoisotopic (exact) mass is 368 g/mol. The lowest BCUT2D eigenvalue weighted by Crippen LogP contribution is -2.30. The summed E-state index contributed by atoms with van der Waals surface area (Å²) in [5, 5.41) is 2.95. The molecule has 0 aliphatic heterocycles. The van der Waals surface area contributed by atoms with Crippen molar-refractivity contribution >= 4 is 41.1 Å². The molecule has 0 aliphatic rings. The minimum Gasteiger partial charge on any atom is -0.452 e. The second kappa shape index (κ2) is 8.65. The third-order valence-corrected chi connectivity index (χ3v) is 4.08. The van der Waals surface area contributed by atoms with Crippen LogP contribution in [0.3, 0.4) is 0 Å². The van der Waals surface area contributed by atoms with Crippen LogP contribution in [-0.2, 0) is 14.3 Å². The number of thioether (sulfide) groups is 1. The van der Waals surface area contributed by atoms with Crippen molar-refractivity contribution in [1.82, 2.24) is 4.98 Å². The number of nitrogens with zero attached hydrogens (tertiary/aromatic N) is 1. The highest BCUT2D eigenvalue weighted by molar-refractivity contribution is 8.00. The molecule has 5 nitrogen and oxygen atoms in total. The summed E-state index contributed by atoms with van der Waals surface area (Å²) < 4.78 is 18.5. The van der Waals surface area contributed by atoms with Crippen molar-refractivity contribution in [2.45, 2.75) is 17.9 Å². The van der Waals surface area contributed by atoms with Gasteiger partial charge >= 0.3 is 5.97 Å². The first-order chi connectivity index (χ1) is 11.5. The molecule has 1 amide bonds. The molecule has 1 heterocycles. The highest BCUT2D eigenvalue weighted by Gasteiger charge is 2.18. The lowest BCUT2D eigenvalue weighted by Gasteiger charge is -2.13. The Balaban J connectivity index is 1.81. The maximum Gasteiger partial charge on any atom is 0.317 e. The smallest absolute Gasteiger partial charge is 0.317 e. The van der Waals surface area contributed by atoms with E-state index in [1.54, 1.807) is 24.3 Å². The summed E-state index contributed by atoms with van der Waals surface area (Å²) in [7, 11) is 0. The van der Waals surface area contributed by atoms with E-state index >= 15 is 0 Å². The quantitative estimate of drug-likeness (QED) is 0.624. The summed E-state index contributed by atoms with van der Waals surface area (Å²) in [4.78, 5) is 28.0. The van der Waals surface area contributed by atoms with Gasteiger partial charge in [0.2, 0.25) is 0 Å². The molecular formula is C16H14ClFN2O3S. The minimum atomic E-state index is -1.00. The Kier molecular flexibility index (Phi) is 6.57. The van der Waals surface area contributed by atoms with Crippen molar-refractivity contribution in [2.75, 3.05) is 11.1 Å². The Bertz CT molecular complexity index is 728. The number of carbonyl (C=O) groups is 2. The van der Waals surface area contributed by atoms with Gasteiger partial charge in [0.05, 0.1) is 10.8 Å². The molecule has 126 valence electrons. The molecule has 1 atom stereocenters. The number of hydrogen-bond donors (Lipinski definition) is 1. The van der Waals surface area contributed by atoms with Crippen LogP contribution >= 0.6 is 23.4 Å². The van der Waals surface area contributed by atoms with Crippen molar-refractivity contribution in [3.63, 3.8) is 0 Å². The van der Waals surface area contributed by atoms with E-state index in [2.05, 4.69) is 10.3 Å². The predicted octanol–water partition coefficient (Wildman–Crippen LogP) is 3.54. The van der Waals surface area contributed by atoms with Gasteiger partial charge in [0.15, 0.2) is 6.10 Å². The molecule has 0 saturated heterocycles. The molecule has 0 bridgehead atoms. The van der Waals surface area contributed by atoms with E-state index in [0.717, 1.165) is 11.8 Å². The number of esters is 1. The zero-order chi connectivity index (χ0) is 17.5. The van der Waals surface area contributed by atoms with Crippen molar-refractivity contribution in [2.24, 2.45) is 0 Å². The Hall–Kier alpha value is -2.12. The second-order valence-electron chi connectivity index (χ2n) is 4.70. The van der Waals surface area contributed by atoms with Crippen LogP contribution in [0.2, 0.25) is 5.02 Å². The zero-order valence-electron chi connectivity index (χ0n) is 12.7. The van der Waals surface area contributed by atoms with Crippen LogP contribution in [0.25, 0.3) is 0 Å². The van der Waals surface area contributed by atoms with Crippen LogP contribution in [0, 0.1) is 5.82 Å². The number of anilines is 1. The number of amides is 1. The standard InChI is InChI=1S/C16H14ClFN2O3S/c1-10(16(22)20-14-7-6-11(17)8-19-14)23-15(21)9-24-13-5-3-2-4-12(13)18/h2-8,10H,9H2,1H3,(H,19,20,22)/t10-/m0/s1. The highest BCUT2D eigenvalue weighted by Crippen LogP contribution is 2.21. The molecule has 1 N–H and O–H groups in total. The maximum absolute atomic E-state index is 13.4. The van der Waals surface area contributed by atoms with Gasteiger partial charge in [-0.2, -0.15) is 0 Å². The first-order valence-corrected chi connectivity index (χ1v) is 8.31. The largest absolute Gasteiger partial charge is 0.452 e. The van der Waals surface area contributed by atoms with Crippen LogP contribution in [0.1, 0.15) is 6.92 Å². The number of nitrogens with one attached hydrogen (secondary N) is 1. The molecule has 0 fully saturated rings. The Labute approximate surface area is 147 Å². The lowest BCUT2D eigenvalue weighted by molar-refractivity contribution is -0.150. The molecule has 0 unspecified atom stereocenters. The average Bonchev–Trinajstić information content (AvgIpc) is 2.56. The highest BCUT2D eigenvalue weighted by atomic mass is 35.5. The second-order valence-corrected chi connectivity index (χ2v) is 6.16. The van der Waals surface area contributed by atoms with Crippen LogP contribution in [-0.4, -0.2) is 28.7 Å². The van der Waals surface area contributed by atoms with Crippen LogP contribution in [0.4, 0.5) is 10.2 Å². The molecule has 8 heteroatoms. The van der Waals surface area contributed by atoms with Crippen molar-refractivity contribution in [3.05, 3.63) is 53.4 Å². The number of halogens is 2. The Morgan fingerprint density at radius 1 is 1.33 bits per heavy atom. The van der Waals surface area contributed by atoms with Crippen molar-refractivity contribution in [3.8, 4) is 0 Å². The van der Waals surface area contributed by atoms with Gasteiger partial charge in [-0.25, -0.2) is 9.37 Å². The summed E-state index contributed by atoms with van der Waals surface area (Å²) in [6.45, 7) is 1.44. The van der Waals surface area contributed by atoms with Crippen LogP contribution in [0.5, 0.6) is 0 Å². The average molecular weight is 369 g/mol. The molecule has 0 radical (unpaired) electrons. The minimum absolute atomic E-state index is 0.0995. The van der Waals surface area contributed by atoms with Gasteiger partial charge in [-0.15, -0.1) is 11.8 Å². The van der Waals surface area contributed by atoms with Gasteiger partial charge in [0, 0.05) is 11.1 Å². The van der Waals surface area contributed by atoms with E-state index < -0.39 is 23.8 Å². The van der Waals surface area contributed by atoms with Gasteiger partial charge in [-0.3, -0.25) is 9.59 Å². The summed E-state index contributed by atoms with van der Waals surface area (Å²) in [5.74, 6) is -1.34.